The zero-order chi connectivity index (χ0) is 16.8. The number of benzene rings is 1. The number of likely N-dealkylation sites (tertiary alicyclic amines) is 2. The lowest BCUT2D eigenvalue weighted by Gasteiger charge is -2.28. The number of aromatic nitrogens is 2. The minimum atomic E-state index is 0. The van der Waals surface area contributed by atoms with Gasteiger partial charge in [-0.05, 0) is 31.0 Å². The lowest BCUT2D eigenvalue weighted by Crippen LogP contribution is -2.34. The Morgan fingerprint density at radius 2 is 1.85 bits per heavy atom. The van der Waals surface area contributed by atoms with E-state index in [2.05, 4.69) is 48.1 Å². The molecule has 0 spiro atoms. The number of aryl methyl sites for hydroxylation is 2. The topological polar surface area (TPSA) is 41.4 Å². The van der Waals surface area contributed by atoms with Crippen molar-refractivity contribution in [1.29, 1.82) is 0 Å². The van der Waals surface area contributed by atoms with Gasteiger partial charge in [0.25, 0.3) is 5.91 Å². The van der Waals surface area contributed by atoms with Crippen LogP contribution in [0.4, 0.5) is 0 Å². The quantitative estimate of drug-likeness (QED) is 0.783. The number of hydrogen-bond donors (Lipinski definition) is 0. The molecule has 7 heteroatoms. The van der Waals surface area contributed by atoms with Crippen molar-refractivity contribution < 1.29 is 4.79 Å². The Balaban J connectivity index is 0.00000121. The van der Waals surface area contributed by atoms with E-state index in [9.17, 15) is 4.79 Å². The molecule has 26 heavy (non-hydrogen) atoms. The van der Waals surface area contributed by atoms with Gasteiger partial charge < -0.3 is 9.47 Å². The number of carbonyl (C=O) groups is 1. The van der Waals surface area contributed by atoms with Gasteiger partial charge in [-0.2, -0.15) is 0 Å². The van der Waals surface area contributed by atoms with Crippen LogP contribution >= 0.6 is 24.8 Å². The number of fused-ring (bicyclic) bond motifs is 1. The Morgan fingerprint density at radius 3 is 2.50 bits per heavy atom. The molecule has 0 radical (unpaired) electrons. The summed E-state index contributed by atoms with van der Waals surface area (Å²) in [4.78, 5) is 21.5. The van der Waals surface area contributed by atoms with Crippen LogP contribution < -0.4 is 0 Å². The highest BCUT2D eigenvalue weighted by molar-refractivity contribution is 5.91. The summed E-state index contributed by atoms with van der Waals surface area (Å²) in [5.74, 6) is 1.64. The molecule has 2 aliphatic rings. The molecule has 142 valence electrons. The van der Waals surface area contributed by atoms with E-state index in [1.54, 1.807) is 10.8 Å². The number of carbonyl (C=O) groups excluding carboxylic acids is 1. The Bertz CT molecular complexity index is 778. The predicted molar refractivity (Wildman–Crippen MR) is 107 cm³/mol. The molecule has 0 bridgehead atoms. The van der Waals surface area contributed by atoms with E-state index in [1.807, 2.05) is 18.1 Å². The smallest absolute Gasteiger partial charge is 0.289 e. The third-order valence-electron chi connectivity index (χ3n) is 5.70. The molecule has 0 unspecified atom stereocenters. The summed E-state index contributed by atoms with van der Waals surface area (Å²) in [6.45, 7) is 4.89. The predicted octanol–water partition coefficient (Wildman–Crippen LogP) is 2.95. The van der Waals surface area contributed by atoms with E-state index in [-0.39, 0.29) is 30.7 Å². The van der Waals surface area contributed by atoms with Crippen LogP contribution in [0.2, 0.25) is 0 Å². The maximum atomic E-state index is 12.8. The lowest BCUT2D eigenvalue weighted by atomic mass is 9.88. The number of halogens is 2. The molecule has 1 aromatic heterocycles. The SMILES string of the molecule is Cc1ccccc1[C@H]1[C@@H]2CN(C(=O)c3nccn3C)C[C@@H]2CN1C.Cl.Cl. The number of hydrogen-bond acceptors (Lipinski definition) is 3. The van der Waals surface area contributed by atoms with Crippen molar-refractivity contribution in [2.45, 2.75) is 13.0 Å². The van der Waals surface area contributed by atoms with E-state index >= 15 is 0 Å². The van der Waals surface area contributed by atoms with E-state index in [0.717, 1.165) is 19.6 Å². The number of nitrogens with zero attached hydrogens (tertiary/aromatic N) is 4. The Labute approximate surface area is 167 Å². The van der Waals surface area contributed by atoms with Crippen molar-refractivity contribution in [3.05, 3.63) is 53.6 Å². The molecule has 1 aromatic carbocycles. The summed E-state index contributed by atoms with van der Waals surface area (Å²) < 4.78 is 1.81. The molecule has 2 aromatic rings. The highest BCUT2D eigenvalue weighted by atomic mass is 35.5. The number of amides is 1. The third kappa shape index (κ3) is 3.36. The maximum Gasteiger partial charge on any atom is 0.289 e. The van der Waals surface area contributed by atoms with Gasteiger partial charge in [0, 0.05) is 51.0 Å². The van der Waals surface area contributed by atoms with Crippen molar-refractivity contribution >= 4 is 30.7 Å². The van der Waals surface area contributed by atoms with Gasteiger partial charge >= 0.3 is 0 Å². The molecule has 5 nitrogen and oxygen atoms in total. The van der Waals surface area contributed by atoms with Crippen LogP contribution in [0, 0.1) is 18.8 Å². The van der Waals surface area contributed by atoms with Crippen LogP contribution in [0.5, 0.6) is 0 Å². The standard InChI is InChI=1S/C19H24N4O.2ClH/c1-13-6-4-5-7-15(13)17-16-12-23(11-14(16)10-22(17)3)19(24)18-20-8-9-21(18)2;;/h4-9,14,16-17H,10-12H2,1-3H3;2*1H/t14-,16+,17-;;/m0../s1. The van der Waals surface area contributed by atoms with E-state index in [4.69, 9.17) is 0 Å². The summed E-state index contributed by atoms with van der Waals surface area (Å²) in [5.41, 5.74) is 2.74. The average Bonchev–Trinajstić information content (AvgIpc) is 3.22. The second-order valence-corrected chi connectivity index (χ2v) is 7.24. The molecule has 0 saturated carbocycles. The summed E-state index contributed by atoms with van der Waals surface area (Å²) in [7, 11) is 4.08. The van der Waals surface area contributed by atoms with E-state index < -0.39 is 0 Å². The highest BCUT2D eigenvalue weighted by Crippen LogP contribution is 2.44. The van der Waals surface area contributed by atoms with Crippen LogP contribution in [0.3, 0.4) is 0 Å². The van der Waals surface area contributed by atoms with Gasteiger partial charge in [-0.25, -0.2) is 4.98 Å². The van der Waals surface area contributed by atoms with Crippen molar-refractivity contribution in [2.24, 2.45) is 18.9 Å². The van der Waals surface area contributed by atoms with Crippen molar-refractivity contribution in [3.63, 3.8) is 0 Å². The van der Waals surface area contributed by atoms with Crippen LogP contribution in [-0.2, 0) is 7.05 Å². The Morgan fingerprint density at radius 1 is 1.12 bits per heavy atom. The zero-order valence-corrected chi connectivity index (χ0v) is 17.0. The van der Waals surface area contributed by atoms with Crippen molar-refractivity contribution in [2.75, 3.05) is 26.7 Å². The molecule has 0 N–H and O–H groups in total. The van der Waals surface area contributed by atoms with Gasteiger partial charge in [0.05, 0.1) is 0 Å². The first-order chi connectivity index (χ1) is 11.6. The summed E-state index contributed by atoms with van der Waals surface area (Å²) in [6.07, 6.45) is 3.52. The van der Waals surface area contributed by atoms with Gasteiger partial charge in [-0.1, -0.05) is 24.3 Å². The molecule has 1 amide bonds. The van der Waals surface area contributed by atoms with E-state index in [1.165, 1.54) is 11.1 Å². The largest absolute Gasteiger partial charge is 0.335 e. The molecule has 0 aliphatic carbocycles. The van der Waals surface area contributed by atoms with Gasteiger partial charge in [0.15, 0.2) is 5.82 Å². The molecule has 4 rings (SSSR count). The van der Waals surface area contributed by atoms with Gasteiger partial charge in [-0.15, -0.1) is 24.8 Å². The number of imidazole rings is 1. The van der Waals surface area contributed by atoms with Crippen LogP contribution in [0.1, 0.15) is 27.8 Å². The summed E-state index contributed by atoms with van der Waals surface area (Å²) in [6, 6.07) is 9.03. The second-order valence-electron chi connectivity index (χ2n) is 7.24. The first kappa shape index (κ1) is 20.7. The monoisotopic (exact) mass is 396 g/mol. The van der Waals surface area contributed by atoms with Gasteiger partial charge in [0.1, 0.15) is 0 Å². The zero-order valence-electron chi connectivity index (χ0n) is 15.3. The number of rotatable bonds is 2. The molecular weight excluding hydrogens is 371 g/mol. The lowest BCUT2D eigenvalue weighted by molar-refractivity contribution is 0.0752. The van der Waals surface area contributed by atoms with Gasteiger partial charge in [0.2, 0.25) is 0 Å². The van der Waals surface area contributed by atoms with Crippen LogP contribution in [0.15, 0.2) is 36.7 Å². The fourth-order valence-electron chi connectivity index (χ4n) is 4.52. The fourth-order valence-corrected chi connectivity index (χ4v) is 4.52. The molecule has 3 heterocycles. The van der Waals surface area contributed by atoms with Crippen LogP contribution in [0.25, 0.3) is 0 Å². The first-order valence-corrected chi connectivity index (χ1v) is 8.58. The average molecular weight is 397 g/mol. The molecular formula is C19H26Cl2N4O. The van der Waals surface area contributed by atoms with Gasteiger partial charge in [-0.3, -0.25) is 9.69 Å². The van der Waals surface area contributed by atoms with Crippen molar-refractivity contribution in [3.8, 4) is 0 Å². The van der Waals surface area contributed by atoms with Crippen LogP contribution in [-0.4, -0.2) is 51.9 Å². The minimum Gasteiger partial charge on any atom is -0.335 e. The summed E-state index contributed by atoms with van der Waals surface area (Å²) >= 11 is 0. The normalized spacial score (nSPS) is 24.7. The maximum absolute atomic E-state index is 12.8. The van der Waals surface area contributed by atoms with E-state index in [0.29, 0.717) is 23.7 Å². The Hall–Kier alpha value is -1.56. The molecule has 2 aliphatic heterocycles. The second kappa shape index (κ2) is 7.99. The minimum absolute atomic E-state index is 0. The first-order valence-electron chi connectivity index (χ1n) is 8.58. The highest BCUT2D eigenvalue weighted by Gasteiger charge is 2.47. The third-order valence-corrected chi connectivity index (χ3v) is 5.70. The molecule has 2 saturated heterocycles. The molecule has 3 atom stereocenters. The Kier molecular flexibility index (Phi) is 6.37. The molecule has 2 fully saturated rings. The van der Waals surface area contributed by atoms with Crippen molar-refractivity contribution in [1.82, 2.24) is 19.4 Å². The fraction of sp³-hybridized carbons (Fsp3) is 0.474. The summed E-state index contributed by atoms with van der Waals surface area (Å²) in [5, 5.41) is 0.